The van der Waals surface area contributed by atoms with Crippen molar-refractivity contribution < 1.29 is 12.2 Å². The largest absolute Gasteiger partial charge is 0.485 e. The minimum absolute atomic E-state index is 0.283. The molecule has 0 fully saturated rings. The Labute approximate surface area is 90.7 Å². The molecule has 4 nitrogen and oxygen atoms in total. The van der Waals surface area contributed by atoms with E-state index in [1.54, 1.807) is 18.2 Å². The van der Waals surface area contributed by atoms with Crippen LogP contribution in [-0.2, 0) is 0 Å². The van der Waals surface area contributed by atoms with Gasteiger partial charge in [0.25, 0.3) is 0 Å². The van der Waals surface area contributed by atoms with Gasteiger partial charge in [-0.3, -0.25) is 4.99 Å². The van der Waals surface area contributed by atoms with E-state index in [0.29, 0.717) is 36.5 Å². The Bertz CT molecular complexity index is 479. The maximum absolute atomic E-state index is 7.48. The van der Waals surface area contributed by atoms with Crippen LogP contribution in [0.4, 0.5) is 0 Å². The van der Waals surface area contributed by atoms with Gasteiger partial charge >= 0.3 is 0 Å². The van der Waals surface area contributed by atoms with Gasteiger partial charge in [0.1, 0.15) is 12.4 Å². The number of nitrogens with one attached hydrogen (secondary N) is 1. The third-order valence-electron chi connectivity index (χ3n) is 2.36. The third-order valence-corrected chi connectivity index (χ3v) is 2.36. The number of para-hydroxylation sites is 2. The second-order valence-electron chi connectivity index (χ2n) is 3.37. The first kappa shape index (κ1) is 6.71. The van der Waals surface area contributed by atoms with Crippen LogP contribution in [-0.4, -0.2) is 31.6 Å². The zero-order chi connectivity index (χ0) is 11.8. The summed E-state index contributed by atoms with van der Waals surface area (Å²) in [4.78, 5) is 4.13. The van der Waals surface area contributed by atoms with Crippen molar-refractivity contribution in [3.63, 3.8) is 0 Å². The lowest BCUT2D eigenvalue weighted by atomic mass is 10.2. The van der Waals surface area contributed by atoms with Crippen LogP contribution in [0.25, 0.3) is 0 Å². The van der Waals surface area contributed by atoms with Gasteiger partial charge in [0.2, 0.25) is 0 Å². The lowest BCUT2D eigenvalue weighted by Gasteiger charge is -2.26. The summed E-state index contributed by atoms with van der Waals surface area (Å²) in [5, 5.41) is 3.04. The number of ether oxygens (including phenoxy) is 2. The number of hydrogen-bond acceptors (Lipinski definition) is 4. The van der Waals surface area contributed by atoms with Crippen LogP contribution in [0, 0.1) is 0 Å². The fraction of sp³-hybridized carbons (Fsp3) is 0.364. The molecule has 2 atom stereocenters. The summed E-state index contributed by atoms with van der Waals surface area (Å²) in [6.45, 7) is 0.425. The van der Waals surface area contributed by atoms with E-state index in [1.807, 2.05) is 0 Å². The molecule has 15 heavy (non-hydrogen) atoms. The summed E-state index contributed by atoms with van der Waals surface area (Å²) in [6.07, 6.45) is -0.283. The van der Waals surface area contributed by atoms with Crippen LogP contribution < -0.4 is 14.8 Å². The first-order chi connectivity index (χ1) is 8.22. The molecule has 1 aromatic carbocycles. The van der Waals surface area contributed by atoms with Gasteiger partial charge < -0.3 is 14.8 Å². The summed E-state index contributed by atoms with van der Waals surface area (Å²) in [6, 6.07) is 5.40. The van der Waals surface area contributed by atoms with E-state index >= 15 is 0 Å². The lowest BCUT2D eigenvalue weighted by Crippen LogP contribution is -2.42. The number of rotatable bonds is 1. The highest BCUT2D eigenvalue weighted by molar-refractivity contribution is 5.88. The number of hydrogen-bond donors (Lipinski definition) is 1. The molecule has 2 heterocycles. The quantitative estimate of drug-likeness (QED) is 0.740. The maximum atomic E-state index is 7.48. The highest BCUT2D eigenvalue weighted by Gasteiger charge is 2.26. The highest BCUT2D eigenvalue weighted by atomic mass is 16.6. The first-order valence-corrected chi connectivity index (χ1v) is 4.86. The van der Waals surface area contributed by atoms with Gasteiger partial charge in [-0.25, -0.2) is 0 Å². The number of amidine groups is 1. The Morgan fingerprint density at radius 3 is 3.40 bits per heavy atom. The van der Waals surface area contributed by atoms with E-state index in [4.69, 9.17) is 12.2 Å². The zero-order valence-corrected chi connectivity index (χ0v) is 8.06. The van der Waals surface area contributed by atoms with Crippen LogP contribution in [0.15, 0.2) is 29.2 Å². The fourth-order valence-corrected chi connectivity index (χ4v) is 1.64. The van der Waals surface area contributed by atoms with Crippen LogP contribution in [0.1, 0.15) is 2.74 Å². The van der Waals surface area contributed by atoms with E-state index in [9.17, 15) is 0 Å². The first-order valence-electron chi connectivity index (χ1n) is 5.94. The molecule has 2 aliphatic rings. The van der Waals surface area contributed by atoms with Crippen LogP contribution >= 0.6 is 0 Å². The molecule has 1 N–H and O–H groups in total. The van der Waals surface area contributed by atoms with Crippen molar-refractivity contribution in [2.24, 2.45) is 4.99 Å². The number of fused-ring (bicyclic) bond motifs is 1. The predicted octanol–water partition coefficient (Wildman–Crippen LogP) is 0.828. The summed E-state index contributed by atoms with van der Waals surface area (Å²) < 4.78 is 26.2. The second-order valence-corrected chi connectivity index (χ2v) is 3.37. The van der Waals surface area contributed by atoms with Crippen LogP contribution in [0.5, 0.6) is 11.5 Å². The molecule has 78 valence electrons. The van der Waals surface area contributed by atoms with Crippen molar-refractivity contribution in [2.75, 3.05) is 19.7 Å². The summed E-state index contributed by atoms with van der Waals surface area (Å²) in [7, 11) is 0. The minimum atomic E-state index is -0.453. The molecule has 0 spiro atoms. The molecule has 0 amide bonds. The van der Waals surface area contributed by atoms with Crippen molar-refractivity contribution >= 4 is 5.84 Å². The Morgan fingerprint density at radius 2 is 2.53 bits per heavy atom. The van der Waals surface area contributed by atoms with Gasteiger partial charge in [0, 0.05) is 6.54 Å². The van der Waals surface area contributed by atoms with E-state index in [0.717, 1.165) is 0 Å². The second kappa shape index (κ2) is 3.46. The fourth-order valence-electron chi connectivity index (χ4n) is 1.64. The Hall–Kier alpha value is -1.71. The topological polar surface area (TPSA) is 42.8 Å². The minimum Gasteiger partial charge on any atom is -0.485 e. The average molecular weight is 206 g/mol. The van der Waals surface area contributed by atoms with Gasteiger partial charge in [0.05, 0.1) is 9.26 Å². The van der Waals surface area contributed by atoms with E-state index in [2.05, 4.69) is 10.3 Å². The monoisotopic (exact) mass is 206 g/mol. The van der Waals surface area contributed by atoms with Gasteiger partial charge in [-0.2, -0.15) is 0 Å². The molecule has 1 aromatic rings. The third kappa shape index (κ3) is 1.52. The van der Waals surface area contributed by atoms with Gasteiger partial charge in [-0.1, -0.05) is 12.1 Å². The molecule has 0 saturated heterocycles. The lowest BCUT2D eigenvalue weighted by molar-refractivity contribution is 0.133. The molecule has 0 aliphatic carbocycles. The summed E-state index contributed by atoms with van der Waals surface area (Å²) in [5.74, 6) is 1.88. The Kier molecular flexibility index (Phi) is 1.55. The molecule has 3 rings (SSSR count). The SMILES string of the molecule is [2H]c1ccc2c(c1)OCC(C1=NC([2H])CN1)O2. The maximum Gasteiger partial charge on any atom is 0.189 e. The molecule has 2 aliphatic heterocycles. The number of aliphatic imine (C=N–C) groups is 1. The molecule has 0 aromatic heterocycles. The van der Waals surface area contributed by atoms with Crippen LogP contribution in [0.3, 0.4) is 0 Å². The van der Waals surface area contributed by atoms with E-state index in [1.165, 1.54) is 0 Å². The molecule has 0 radical (unpaired) electrons. The number of nitrogens with zero attached hydrogens (tertiary/aromatic N) is 1. The van der Waals surface area contributed by atoms with E-state index in [-0.39, 0.29) is 6.10 Å². The van der Waals surface area contributed by atoms with Gasteiger partial charge in [0.15, 0.2) is 17.6 Å². The summed E-state index contributed by atoms with van der Waals surface area (Å²) >= 11 is 0. The van der Waals surface area contributed by atoms with E-state index < -0.39 is 6.52 Å². The van der Waals surface area contributed by atoms with Gasteiger partial charge in [-0.05, 0) is 12.1 Å². The predicted molar refractivity (Wildman–Crippen MR) is 56.7 cm³/mol. The summed E-state index contributed by atoms with van der Waals surface area (Å²) in [5.41, 5.74) is 0. The smallest absolute Gasteiger partial charge is 0.189 e. The Morgan fingerprint density at radius 1 is 1.53 bits per heavy atom. The highest BCUT2D eigenvalue weighted by Crippen LogP contribution is 2.31. The molecule has 4 heteroatoms. The van der Waals surface area contributed by atoms with Crippen molar-refractivity contribution in [3.8, 4) is 11.5 Å². The van der Waals surface area contributed by atoms with Crippen molar-refractivity contribution in [1.29, 1.82) is 0 Å². The molecule has 2 unspecified atom stereocenters. The van der Waals surface area contributed by atoms with Gasteiger partial charge in [-0.15, -0.1) is 0 Å². The standard InChI is InChI=1S/C11H12N2O2/c1-2-4-9-8(3-1)14-7-10(15-9)11-12-5-6-13-11/h1-4,10H,5-7H2,(H,12,13)/i1D,5D. The Balaban J connectivity index is 1.81. The zero-order valence-electron chi connectivity index (χ0n) is 10.1. The molecular weight excluding hydrogens is 192 g/mol. The molecule has 0 bridgehead atoms. The van der Waals surface area contributed by atoms with Crippen LogP contribution in [0.2, 0.25) is 0 Å². The van der Waals surface area contributed by atoms with Crippen molar-refractivity contribution in [1.82, 2.24) is 5.32 Å². The molecule has 0 saturated carbocycles. The number of benzene rings is 1. The molecular formula is C11H12N2O2. The average Bonchev–Trinajstić information content (AvgIpc) is 2.75. The van der Waals surface area contributed by atoms with Crippen molar-refractivity contribution in [3.05, 3.63) is 24.2 Å². The van der Waals surface area contributed by atoms with Crippen molar-refractivity contribution in [2.45, 2.75) is 6.10 Å². The normalized spacial score (nSPS) is 30.0.